The van der Waals surface area contributed by atoms with Gasteiger partial charge in [0.2, 0.25) is 6.29 Å². The number of fused-ring (bicyclic) bond motifs is 1. The van der Waals surface area contributed by atoms with Gasteiger partial charge in [-0.3, -0.25) is 9.59 Å². The van der Waals surface area contributed by atoms with E-state index in [4.69, 9.17) is 18.9 Å². The largest absolute Gasteiger partial charge is 0.460 e. The van der Waals surface area contributed by atoms with Crippen LogP contribution < -0.4 is 0 Å². The van der Waals surface area contributed by atoms with E-state index in [9.17, 15) is 14.4 Å². The minimum absolute atomic E-state index is 0.0885. The number of hydrogen-bond donors (Lipinski definition) is 0. The van der Waals surface area contributed by atoms with Gasteiger partial charge in [-0.25, -0.2) is 4.79 Å². The van der Waals surface area contributed by atoms with Crippen LogP contribution in [0.5, 0.6) is 0 Å². The average molecular weight is 298 g/mol. The SMILES string of the molecule is C=CC(=O)OC(C)CC(=O)OC1CC2C(=O)OC(C)C2O1. The number of cyclic esters (lactones) is 1. The van der Waals surface area contributed by atoms with Crippen molar-refractivity contribution in [1.82, 2.24) is 0 Å². The fourth-order valence-electron chi connectivity index (χ4n) is 2.47. The maximum Gasteiger partial charge on any atom is 0.330 e. The van der Waals surface area contributed by atoms with Gasteiger partial charge < -0.3 is 18.9 Å². The highest BCUT2D eigenvalue weighted by Crippen LogP contribution is 2.36. The molecule has 0 bridgehead atoms. The molecule has 7 heteroatoms. The molecule has 0 amide bonds. The lowest BCUT2D eigenvalue weighted by Crippen LogP contribution is -2.26. The zero-order valence-electron chi connectivity index (χ0n) is 11.9. The summed E-state index contributed by atoms with van der Waals surface area (Å²) in [5.41, 5.74) is 0. The van der Waals surface area contributed by atoms with Crippen LogP contribution in [-0.2, 0) is 33.3 Å². The Bertz CT molecular complexity index is 458. The quantitative estimate of drug-likeness (QED) is 0.419. The summed E-state index contributed by atoms with van der Waals surface area (Å²) in [6.45, 7) is 6.58. The Kier molecular flexibility index (Phi) is 4.62. The summed E-state index contributed by atoms with van der Waals surface area (Å²) in [5, 5.41) is 0. The number of ether oxygens (including phenoxy) is 4. The van der Waals surface area contributed by atoms with Crippen LogP contribution in [-0.4, -0.2) is 42.5 Å². The second-order valence-electron chi connectivity index (χ2n) is 5.16. The first-order chi connectivity index (χ1) is 9.90. The molecular formula is C14H18O7. The van der Waals surface area contributed by atoms with Crippen LogP contribution in [0.1, 0.15) is 26.7 Å². The van der Waals surface area contributed by atoms with Gasteiger partial charge in [0.05, 0.1) is 12.3 Å². The summed E-state index contributed by atoms with van der Waals surface area (Å²) >= 11 is 0. The van der Waals surface area contributed by atoms with Crippen LogP contribution in [0.3, 0.4) is 0 Å². The molecule has 0 aliphatic carbocycles. The van der Waals surface area contributed by atoms with Crippen LogP contribution in [0.25, 0.3) is 0 Å². The van der Waals surface area contributed by atoms with Crippen molar-refractivity contribution in [3.63, 3.8) is 0 Å². The maximum absolute atomic E-state index is 11.7. The van der Waals surface area contributed by atoms with Crippen molar-refractivity contribution in [2.75, 3.05) is 0 Å². The lowest BCUT2D eigenvalue weighted by atomic mass is 10.0. The van der Waals surface area contributed by atoms with Gasteiger partial charge in [-0.15, -0.1) is 0 Å². The fraction of sp³-hybridized carbons (Fsp3) is 0.643. The molecule has 0 saturated carbocycles. The van der Waals surface area contributed by atoms with Crippen LogP contribution >= 0.6 is 0 Å². The summed E-state index contributed by atoms with van der Waals surface area (Å²) in [5.74, 6) is -1.85. The van der Waals surface area contributed by atoms with Gasteiger partial charge >= 0.3 is 17.9 Å². The zero-order chi connectivity index (χ0) is 15.6. The van der Waals surface area contributed by atoms with Crippen molar-refractivity contribution >= 4 is 17.9 Å². The van der Waals surface area contributed by atoms with Crippen molar-refractivity contribution in [3.05, 3.63) is 12.7 Å². The van der Waals surface area contributed by atoms with E-state index in [1.807, 2.05) is 0 Å². The lowest BCUT2D eigenvalue weighted by molar-refractivity contribution is -0.184. The van der Waals surface area contributed by atoms with Gasteiger partial charge in [0.1, 0.15) is 18.3 Å². The van der Waals surface area contributed by atoms with E-state index in [1.165, 1.54) is 0 Å². The lowest BCUT2D eigenvalue weighted by Gasteiger charge is -2.17. The molecule has 2 heterocycles. The fourth-order valence-corrected chi connectivity index (χ4v) is 2.47. The molecule has 2 saturated heterocycles. The second kappa shape index (κ2) is 6.26. The summed E-state index contributed by atoms with van der Waals surface area (Å²) < 4.78 is 20.6. The van der Waals surface area contributed by atoms with E-state index in [2.05, 4.69) is 6.58 Å². The van der Waals surface area contributed by atoms with Crippen LogP contribution in [0.2, 0.25) is 0 Å². The van der Waals surface area contributed by atoms with Gasteiger partial charge in [-0.1, -0.05) is 6.58 Å². The Hall–Kier alpha value is -1.89. The van der Waals surface area contributed by atoms with Crippen LogP contribution in [0, 0.1) is 5.92 Å². The molecule has 0 aromatic heterocycles. The molecule has 7 nitrogen and oxygen atoms in total. The van der Waals surface area contributed by atoms with Crippen molar-refractivity contribution in [1.29, 1.82) is 0 Å². The standard InChI is InChI=1S/C14H18O7/c1-4-10(15)18-7(2)5-11(16)20-12-6-9-13(21-12)8(3)19-14(9)17/h4,7-9,12-13H,1,5-6H2,2-3H3. The van der Waals surface area contributed by atoms with Gasteiger partial charge in [-0.05, 0) is 13.8 Å². The zero-order valence-corrected chi connectivity index (χ0v) is 11.9. The molecule has 21 heavy (non-hydrogen) atoms. The van der Waals surface area contributed by atoms with E-state index in [0.29, 0.717) is 6.42 Å². The molecular weight excluding hydrogens is 280 g/mol. The smallest absolute Gasteiger partial charge is 0.330 e. The Labute approximate surface area is 122 Å². The number of hydrogen-bond acceptors (Lipinski definition) is 7. The van der Waals surface area contributed by atoms with Gasteiger partial charge in [0.25, 0.3) is 0 Å². The minimum Gasteiger partial charge on any atom is -0.460 e. The summed E-state index contributed by atoms with van der Waals surface area (Å²) in [6, 6.07) is 0. The maximum atomic E-state index is 11.7. The first kappa shape index (κ1) is 15.5. The molecule has 0 radical (unpaired) electrons. The Balaban J connectivity index is 1.78. The molecule has 2 aliphatic rings. The van der Waals surface area contributed by atoms with Crippen molar-refractivity contribution in [3.8, 4) is 0 Å². The third kappa shape index (κ3) is 3.60. The summed E-state index contributed by atoms with van der Waals surface area (Å²) in [6.07, 6.45) is -0.853. The number of carbonyl (C=O) groups is 3. The highest BCUT2D eigenvalue weighted by atomic mass is 16.7. The molecule has 5 atom stereocenters. The summed E-state index contributed by atoms with van der Waals surface area (Å²) in [4.78, 5) is 34.2. The predicted octanol–water partition coefficient (Wildman–Crippen LogP) is 0.714. The third-order valence-electron chi connectivity index (χ3n) is 3.42. The predicted molar refractivity (Wildman–Crippen MR) is 68.8 cm³/mol. The minimum atomic E-state index is -0.759. The first-order valence-corrected chi connectivity index (χ1v) is 6.79. The molecule has 2 aliphatic heterocycles. The molecule has 2 fully saturated rings. The molecule has 5 unspecified atom stereocenters. The van der Waals surface area contributed by atoms with E-state index in [-0.39, 0.29) is 30.5 Å². The highest BCUT2D eigenvalue weighted by Gasteiger charge is 2.51. The van der Waals surface area contributed by atoms with Crippen molar-refractivity contribution in [2.45, 2.75) is 51.3 Å². The van der Waals surface area contributed by atoms with E-state index >= 15 is 0 Å². The summed E-state index contributed by atoms with van der Waals surface area (Å²) in [7, 11) is 0. The number of carbonyl (C=O) groups excluding carboxylic acids is 3. The van der Waals surface area contributed by atoms with Gasteiger partial charge in [-0.2, -0.15) is 0 Å². The van der Waals surface area contributed by atoms with E-state index in [1.54, 1.807) is 13.8 Å². The Morgan fingerprint density at radius 2 is 2.24 bits per heavy atom. The average Bonchev–Trinajstić information content (AvgIpc) is 2.91. The first-order valence-electron chi connectivity index (χ1n) is 6.79. The molecule has 2 rings (SSSR count). The Morgan fingerprint density at radius 1 is 1.52 bits per heavy atom. The monoisotopic (exact) mass is 298 g/mol. The normalized spacial score (nSPS) is 32.0. The molecule has 116 valence electrons. The van der Waals surface area contributed by atoms with Gasteiger partial charge in [0, 0.05) is 12.5 Å². The van der Waals surface area contributed by atoms with Crippen molar-refractivity contribution < 1.29 is 33.3 Å². The third-order valence-corrected chi connectivity index (χ3v) is 3.42. The molecule has 0 N–H and O–H groups in total. The Morgan fingerprint density at radius 3 is 2.86 bits per heavy atom. The van der Waals surface area contributed by atoms with E-state index < -0.39 is 24.3 Å². The van der Waals surface area contributed by atoms with Crippen LogP contribution in [0.15, 0.2) is 12.7 Å². The van der Waals surface area contributed by atoms with Crippen LogP contribution in [0.4, 0.5) is 0 Å². The number of esters is 3. The topological polar surface area (TPSA) is 88.1 Å². The number of rotatable bonds is 5. The molecule has 0 aromatic carbocycles. The van der Waals surface area contributed by atoms with E-state index in [0.717, 1.165) is 6.08 Å². The molecule has 0 aromatic rings. The highest BCUT2D eigenvalue weighted by molar-refractivity contribution is 5.81. The second-order valence-corrected chi connectivity index (χ2v) is 5.16. The van der Waals surface area contributed by atoms with Gasteiger partial charge in [0.15, 0.2) is 0 Å². The van der Waals surface area contributed by atoms with Crippen molar-refractivity contribution in [2.24, 2.45) is 5.92 Å². The molecule has 0 spiro atoms.